The third-order valence-electron chi connectivity index (χ3n) is 5.69. The minimum atomic E-state index is -0.566. The van der Waals surface area contributed by atoms with Crippen LogP contribution in [0.25, 0.3) is 0 Å². The molecule has 0 saturated carbocycles. The first-order chi connectivity index (χ1) is 16.5. The van der Waals surface area contributed by atoms with E-state index < -0.39 is 4.92 Å². The molecule has 1 atom stereocenters. The minimum Gasteiger partial charge on any atom is -0.491 e. The SMILES string of the molecule is COCCOc1ccc(OC2CCN(CC(=O)NC3COc4nc([N+](=O)[O-])cn4C3)CC2)cc1. The number of hydrogen-bond acceptors (Lipinski definition) is 9. The van der Waals surface area contributed by atoms with Gasteiger partial charge in [-0.1, -0.05) is 0 Å². The molecule has 1 unspecified atom stereocenters. The number of imidazole rings is 1. The summed E-state index contributed by atoms with van der Waals surface area (Å²) in [7, 11) is 1.64. The maximum Gasteiger partial charge on any atom is 0.414 e. The summed E-state index contributed by atoms with van der Waals surface area (Å²) in [4.78, 5) is 28.7. The standard InChI is InChI=1S/C22H29N5O7/c1-31-10-11-32-17-2-4-18(5-3-17)34-19-6-8-25(9-7-19)14-21(28)23-16-12-26-13-20(27(29)30)24-22(26)33-15-16/h2-5,13,16,19H,6-12,14-15H2,1H3,(H,23,28). The molecular formula is C22H29N5O7. The topological polar surface area (TPSA) is 130 Å². The number of benzene rings is 1. The fourth-order valence-corrected chi connectivity index (χ4v) is 3.98. The number of aromatic nitrogens is 2. The van der Waals surface area contributed by atoms with Crippen molar-refractivity contribution in [2.24, 2.45) is 0 Å². The molecule has 34 heavy (non-hydrogen) atoms. The van der Waals surface area contributed by atoms with Crippen molar-refractivity contribution in [3.8, 4) is 17.5 Å². The molecule has 1 N–H and O–H groups in total. The second-order valence-corrected chi connectivity index (χ2v) is 8.27. The molecule has 0 spiro atoms. The van der Waals surface area contributed by atoms with Crippen LogP contribution in [0.3, 0.4) is 0 Å². The maximum atomic E-state index is 12.5. The Kier molecular flexibility index (Phi) is 7.80. The van der Waals surface area contributed by atoms with Crippen LogP contribution in [0.5, 0.6) is 17.5 Å². The molecule has 0 bridgehead atoms. The zero-order valence-electron chi connectivity index (χ0n) is 19.1. The highest BCUT2D eigenvalue weighted by atomic mass is 16.6. The zero-order chi connectivity index (χ0) is 23.9. The average molecular weight is 476 g/mol. The van der Waals surface area contributed by atoms with Gasteiger partial charge in [0.05, 0.1) is 25.7 Å². The van der Waals surface area contributed by atoms with Crippen molar-refractivity contribution in [1.29, 1.82) is 0 Å². The molecule has 184 valence electrons. The van der Waals surface area contributed by atoms with Crippen LogP contribution in [0.4, 0.5) is 5.82 Å². The Morgan fingerprint density at radius 3 is 2.68 bits per heavy atom. The highest BCUT2D eigenvalue weighted by molar-refractivity contribution is 5.78. The molecule has 12 nitrogen and oxygen atoms in total. The first-order valence-electron chi connectivity index (χ1n) is 11.2. The Morgan fingerprint density at radius 1 is 1.24 bits per heavy atom. The number of nitrogens with zero attached hydrogens (tertiary/aromatic N) is 4. The van der Waals surface area contributed by atoms with Crippen molar-refractivity contribution in [3.63, 3.8) is 0 Å². The van der Waals surface area contributed by atoms with Crippen molar-refractivity contribution in [2.75, 3.05) is 46.6 Å². The van der Waals surface area contributed by atoms with E-state index >= 15 is 0 Å². The Bertz CT molecular complexity index is 973. The molecule has 0 aliphatic carbocycles. The van der Waals surface area contributed by atoms with Gasteiger partial charge < -0.3 is 34.4 Å². The summed E-state index contributed by atoms with van der Waals surface area (Å²) in [5.74, 6) is 1.20. The number of fused-ring (bicyclic) bond motifs is 1. The molecule has 0 radical (unpaired) electrons. The molecule has 2 aliphatic rings. The Labute approximate surface area is 196 Å². The summed E-state index contributed by atoms with van der Waals surface area (Å²) in [5.41, 5.74) is 0. The van der Waals surface area contributed by atoms with Crippen molar-refractivity contribution < 1.29 is 28.7 Å². The minimum absolute atomic E-state index is 0.0989. The van der Waals surface area contributed by atoms with Gasteiger partial charge in [-0.15, -0.1) is 0 Å². The van der Waals surface area contributed by atoms with E-state index in [1.165, 1.54) is 6.20 Å². The molecule has 1 fully saturated rings. The summed E-state index contributed by atoms with van der Waals surface area (Å²) in [6.45, 7) is 3.46. The van der Waals surface area contributed by atoms with Gasteiger partial charge in [0.2, 0.25) is 5.91 Å². The fourth-order valence-electron chi connectivity index (χ4n) is 3.98. The number of amides is 1. The maximum absolute atomic E-state index is 12.5. The molecule has 2 aliphatic heterocycles. The summed E-state index contributed by atoms with van der Waals surface area (Å²) in [6, 6.07) is 7.49. The lowest BCUT2D eigenvalue weighted by Crippen LogP contribution is -2.49. The van der Waals surface area contributed by atoms with Gasteiger partial charge in [-0.05, 0) is 42.0 Å². The van der Waals surface area contributed by atoms with Gasteiger partial charge in [-0.3, -0.25) is 14.3 Å². The van der Waals surface area contributed by atoms with E-state index in [-0.39, 0.29) is 43.0 Å². The number of nitrogens with one attached hydrogen (secondary N) is 1. The number of ether oxygens (including phenoxy) is 4. The van der Waals surface area contributed by atoms with E-state index in [0.717, 1.165) is 37.4 Å². The van der Waals surface area contributed by atoms with Crippen LogP contribution < -0.4 is 19.5 Å². The Morgan fingerprint density at radius 2 is 1.97 bits per heavy atom. The largest absolute Gasteiger partial charge is 0.491 e. The molecular weight excluding hydrogens is 446 g/mol. The molecule has 1 aromatic carbocycles. The van der Waals surface area contributed by atoms with Crippen LogP contribution in [0.1, 0.15) is 12.8 Å². The first-order valence-corrected chi connectivity index (χ1v) is 11.2. The Hall–Kier alpha value is -3.38. The van der Waals surface area contributed by atoms with E-state index in [1.807, 2.05) is 24.3 Å². The van der Waals surface area contributed by atoms with Crippen LogP contribution in [-0.4, -0.2) is 84.0 Å². The smallest absolute Gasteiger partial charge is 0.414 e. The molecule has 1 amide bonds. The number of carbonyl (C=O) groups excluding carboxylic acids is 1. The lowest BCUT2D eigenvalue weighted by atomic mass is 10.1. The van der Waals surface area contributed by atoms with Crippen molar-refractivity contribution in [3.05, 3.63) is 40.6 Å². The lowest BCUT2D eigenvalue weighted by Gasteiger charge is -2.32. The van der Waals surface area contributed by atoms with E-state index in [4.69, 9.17) is 18.9 Å². The summed E-state index contributed by atoms with van der Waals surface area (Å²) < 4.78 is 23.6. The number of nitro groups is 1. The Balaban J connectivity index is 1.16. The highest BCUT2D eigenvalue weighted by Crippen LogP contribution is 2.23. The van der Waals surface area contributed by atoms with E-state index in [1.54, 1.807) is 11.7 Å². The predicted molar refractivity (Wildman–Crippen MR) is 120 cm³/mol. The number of likely N-dealkylation sites (tertiary alicyclic amines) is 1. The predicted octanol–water partition coefficient (Wildman–Crippen LogP) is 1.24. The van der Waals surface area contributed by atoms with Gasteiger partial charge in [-0.2, -0.15) is 0 Å². The molecule has 1 saturated heterocycles. The van der Waals surface area contributed by atoms with Crippen molar-refractivity contribution in [1.82, 2.24) is 19.8 Å². The van der Waals surface area contributed by atoms with E-state index in [2.05, 4.69) is 15.2 Å². The molecule has 4 rings (SSSR count). The summed E-state index contributed by atoms with van der Waals surface area (Å²) >= 11 is 0. The third kappa shape index (κ3) is 6.35. The van der Waals surface area contributed by atoms with Gasteiger partial charge in [0.1, 0.15) is 37.0 Å². The lowest BCUT2D eigenvalue weighted by molar-refractivity contribution is -0.389. The average Bonchev–Trinajstić information content (AvgIpc) is 3.26. The van der Waals surface area contributed by atoms with Gasteiger partial charge in [0, 0.05) is 25.2 Å². The molecule has 2 aromatic rings. The number of carbonyl (C=O) groups is 1. The van der Waals surface area contributed by atoms with Crippen molar-refractivity contribution >= 4 is 11.7 Å². The van der Waals surface area contributed by atoms with Gasteiger partial charge in [0.15, 0.2) is 0 Å². The zero-order valence-corrected chi connectivity index (χ0v) is 19.1. The fraction of sp³-hybridized carbons (Fsp3) is 0.545. The molecule has 1 aromatic heterocycles. The number of rotatable bonds is 10. The summed E-state index contributed by atoms with van der Waals surface area (Å²) in [5, 5.41) is 13.8. The van der Waals surface area contributed by atoms with E-state index in [9.17, 15) is 14.9 Å². The third-order valence-corrected chi connectivity index (χ3v) is 5.69. The van der Waals surface area contributed by atoms with Gasteiger partial charge in [-0.25, -0.2) is 0 Å². The van der Waals surface area contributed by atoms with Crippen LogP contribution in [0, 0.1) is 10.1 Å². The molecule has 12 heteroatoms. The summed E-state index contributed by atoms with van der Waals surface area (Å²) in [6.07, 6.45) is 3.07. The van der Waals surface area contributed by atoms with Crippen LogP contribution in [-0.2, 0) is 16.1 Å². The van der Waals surface area contributed by atoms with Crippen LogP contribution in [0.15, 0.2) is 30.5 Å². The molecule has 3 heterocycles. The van der Waals surface area contributed by atoms with Crippen LogP contribution >= 0.6 is 0 Å². The number of hydrogen-bond donors (Lipinski definition) is 1. The van der Waals surface area contributed by atoms with E-state index in [0.29, 0.717) is 19.8 Å². The number of piperidine rings is 1. The quantitative estimate of drug-likeness (QED) is 0.306. The van der Waals surface area contributed by atoms with Crippen molar-refractivity contribution in [2.45, 2.75) is 31.5 Å². The highest BCUT2D eigenvalue weighted by Gasteiger charge is 2.29. The second-order valence-electron chi connectivity index (χ2n) is 8.27. The van der Waals surface area contributed by atoms with Crippen LogP contribution in [0.2, 0.25) is 0 Å². The normalized spacial score (nSPS) is 18.6. The monoisotopic (exact) mass is 475 g/mol. The van der Waals surface area contributed by atoms with Gasteiger partial charge >= 0.3 is 11.8 Å². The van der Waals surface area contributed by atoms with Gasteiger partial charge in [0.25, 0.3) is 0 Å². The first kappa shape index (κ1) is 23.8. The number of methoxy groups -OCH3 is 1. The second kappa shape index (κ2) is 11.2.